The molecule has 0 amide bonds. The fraction of sp³-hybridized carbons (Fsp3) is 0.500. The van der Waals surface area contributed by atoms with E-state index in [0.29, 0.717) is 12.8 Å². The van der Waals surface area contributed by atoms with Gasteiger partial charge < -0.3 is 5.32 Å². The molecule has 0 spiro atoms. The molecule has 4 atom stereocenters. The first kappa shape index (κ1) is 22.4. The molecule has 1 aromatic carbocycles. The molecule has 2 aromatic rings. The zero-order valence-electron chi connectivity index (χ0n) is 19.1. The minimum atomic E-state index is -4.22. The van der Waals surface area contributed by atoms with E-state index in [2.05, 4.69) is 23.4 Å². The number of hydrogen-bond donors (Lipinski definition) is 1. The number of aromatic nitrogens is 2. The highest BCUT2D eigenvalue weighted by Crippen LogP contribution is 2.57. The van der Waals surface area contributed by atoms with Crippen LogP contribution in [0.5, 0.6) is 0 Å². The van der Waals surface area contributed by atoms with E-state index in [1.165, 1.54) is 17.7 Å². The van der Waals surface area contributed by atoms with E-state index in [1.807, 2.05) is 30.8 Å². The van der Waals surface area contributed by atoms with Crippen LogP contribution >= 0.6 is 0 Å². The van der Waals surface area contributed by atoms with Crippen molar-refractivity contribution in [2.24, 2.45) is 17.3 Å². The second-order valence-electron chi connectivity index (χ2n) is 10.2. The van der Waals surface area contributed by atoms with Crippen LogP contribution in [-0.4, -0.2) is 28.0 Å². The molecule has 0 unspecified atom stereocenters. The van der Waals surface area contributed by atoms with E-state index in [1.54, 1.807) is 12.1 Å². The lowest BCUT2D eigenvalue weighted by molar-refractivity contribution is -0.187. The fourth-order valence-corrected chi connectivity index (χ4v) is 6.18. The Hall–Kier alpha value is -2.41. The molecule has 0 radical (unpaired) electrons. The van der Waals surface area contributed by atoms with Crippen LogP contribution in [0.15, 0.2) is 47.7 Å². The van der Waals surface area contributed by atoms with Gasteiger partial charge in [0, 0.05) is 17.5 Å². The number of nitrogens with one attached hydrogen (secondary N) is 1. The second kappa shape index (κ2) is 7.83. The van der Waals surface area contributed by atoms with Gasteiger partial charge in [0.15, 0.2) is 0 Å². The van der Waals surface area contributed by atoms with Gasteiger partial charge in [-0.15, -0.1) is 0 Å². The largest absolute Gasteiger partial charge is 0.393 e. The molecule has 1 aromatic heterocycles. The maximum Gasteiger partial charge on any atom is 0.393 e. The lowest BCUT2D eigenvalue weighted by Crippen LogP contribution is -2.55. The molecule has 3 nitrogen and oxygen atoms in total. The standard InChI is InChI=1S/C26H29F4N3/c1-15(2)32-24-20-9-4-17-12-23-16(14-31-33(23)19-7-5-18(27)6-8-19)13-25(17,3)21(20)10-11-22(24)26(28,29)30/h5-8,10,12,14-15,20,22,24,32H,4,9,11,13H2,1-3H3/t20-,22+,24+,25-/m0/s1. The lowest BCUT2D eigenvalue weighted by atomic mass is 9.55. The normalized spacial score (nSPS) is 29.2. The smallest absolute Gasteiger partial charge is 0.311 e. The Kier molecular flexibility index (Phi) is 5.31. The Bertz CT molecular complexity index is 1110. The van der Waals surface area contributed by atoms with Gasteiger partial charge in [0.25, 0.3) is 0 Å². The number of halogens is 4. The molecule has 176 valence electrons. The van der Waals surface area contributed by atoms with Crippen LogP contribution in [0.3, 0.4) is 0 Å². The third kappa shape index (κ3) is 3.74. The van der Waals surface area contributed by atoms with Gasteiger partial charge in [-0.2, -0.15) is 18.3 Å². The summed E-state index contributed by atoms with van der Waals surface area (Å²) in [6, 6.07) is 5.62. The van der Waals surface area contributed by atoms with Crippen molar-refractivity contribution in [1.29, 1.82) is 0 Å². The topological polar surface area (TPSA) is 29.9 Å². The minimum Gasteiger partial charge on any atom is -0.311 e. The van der Waals surface area contributed by atoms with Crippen LogP contribution < -0.4 is 5.32 Å². The van der Waals surface area contributed by atoms with Gasteiger partial charge in [-0.1, -0.05) is 38.0 Å². The van der Waals surface area contributed by atoms with Crippen molar-refractivity contribution < 1.29 is 17.6 Å². The van der Waals surface area contributed by atoms with Crippen LogP contribution in [0.1, 0.15) is 51.3 Å². The maximum atomic E-state index is 13.9. The molecule has 33 heavy (non-hydrogen) atoms. The molecule has 1 saturated carbocycles. The first-order valence-electron chi connectivity index (χ1n) is 11.6. The van der Waals surface area contributed by atoms with Crippen LogP contribution in [0.2, 0.25) is 0 Å². The summed E-state index contributed by atoms with van der Waals surface area (Å²) < 4.78 is 56.9. The van der Waals surface area contributed by atoms with E-state index in [-0.39, 0.29) is 29.6 Å². The number of allylic oxidation sites excluding steroid dienone is 2. The van der Waals surface area contributed by atoms with Crippen LogP contribution in [0.25, 0.3) is 11.8 Å². The van der Waals surface area contributed by atoms with Crippen molar-refractivity contribution in [3.8, 4) is 5.69 Å². The number of nitrogens with zero attached hydrogens (tertiary/aromatic N) is 2. The number of benzene rings is 1. The van der Waals surface area contributed by atoms with Crippen LogP contribution in [0, 0.1) is 23.1 Å². The zero-order chi connectivity index (χ0) is 23.5. The minimum absolute atomic E-state index is 0.0177. The molecule has 5 rings (SSSR count). The summed E-state index contributed by atoms with van der Waals surface area (Å²) in [6.07, 6.45) is 3.84. The van der Waals surface area contributed by atoms with E-state index in [9.17, 15) is 17.6 Å². The predicted octanol–water partition coefficient (Wildman–Crippen LogP) is 6.24. The summed E-state index contributed by atoms with van der Waals surface area (Å²) in [7, 11) is 0. The van der Waals surface area contributed by atoms with Gasteiger partial charge >= 0.3 is 6.18 Å². The van der Waals surface area contributed by atoms with Gasteiger partial charge in [-0.05, 0) is 67.5 Å². The first-order valence-corrected chi connectivity index (χ1v) is 11.6. The highest BCUT2D eigenvalue weighted by molar-refractivity contribution is 5.63. The third-order valence-electron chi connectivity index (χ3n) is 7.69. The van der Waals surface area contributed by atoms with Crippen molar-refractivity contribution in [1.82, 2.24) is 15.1 Å². The van der Waals surface area contributed by atoms with Crippen LogP contribution in [-0.2, 0) is 6.42 Å². The quantitative estimate of drug-likeness (QED) is 0.435. The van der Waals surface area contributed by atoms with E-state index in [0.717, 1.165) is 28.9 Å². The Morgan fingerprint density at radius 3 is 2.58 bits per heavy atom. The van der Waals surface area contributed by atoms with E-state index >= 15 is 0 Å². The fourth-order valence-electron chi connectivity index (χ4n) is 6.18. The molecular formula is C26H29F4N3. The molecule has 0 bridgehead atoms. The summed E-state index contributed by atoms with van der Waals surface area (Å²) in [5, 5.41) is 7.83. The highest BCUT2D eigenvalue weighted by Gasteiger charge is 2.54. The van der Waals surface area contributed by atoms with Crippen molar-refractivity contribution in [2.45, 2.75) is 64.7 Å². The summed E-state index contributed by atoms with van der Waals surface area (Å²) in [4.78, 5) is 0. The van der Waals surface area contributed by atoms with Gasteiger partial charge in [-0.25, -0.2) is 9.07 Å². The average molecular weight is 460 g/mol. The summed E-state index contributed by atoms with van der Waals surface area (Å²) >= 11 is 0. The molecule has 0 saturated heterocycles. The SMILES string of the molecule is CC(C)N[C@H]1[C@H](C(F)(F)F)CC=C2[C@@H]1CCC1=Cc3c(cnn3-c3ccc(F)cc3)C[C@@]12C. The number of rotatable bonds is 3. The monoisotopic (exact) mass is 459 g/mol. The molecule has 1 heterocycles. The zero-order valence-corrected chi connectivity index (χ0v) is 19.1. The van der Waals surface area contributed by atoms with Gasteiger partial charge in [0.2, 0.25) is 0 Å². The van der Waals surface area contributed by atoms with Crippen LogP contribution in [0.4, 0.5) is 17.6 Å². The molecule has 7 heteroatoms. The predicted molar refractivity (Wildman–Crippen MR) is 120 cm³/mol. The third-order valence-corrected chi connectivity index (χ3v) is 7.69. The molecule has 3 aliphatic rings. The molecular weight excluding hydrogens is 430 g/mol. The molecule has 1 N–H and O–H groups in total. The van der Waals surface area contributed by atoms with Crippen molar-refractivity contribution >= 4 is 6.08 Å². The molecule has 0 aliphatic heterocycles. The summed E-state index contributed by atoms with van der Waals surface area (Å²) in [5.74, 6) is -1.79. The van der Waals surface area contributed by atoms with Crippen molar-refractivity contribution in [3.05, 3.63) is 64.8 Å². The number of fused-ring (bicyclic) bond motifs is 4. The second-order valence-corrected chi connectivity index (χ2v) is 10.2. The lowest BCUT2D eigenvalue weighted by Gasteiger charge is -2.51. The van der Waals surface area contributed by atoms with Gasteiger partial charge in [-0.3, -0.25) is 0 Å². The van der Waals surface area contributed by atoms with Crippen molar-refractivity contribution in [2.75, 3.05) is 0 Å². The van der Waals surface area contributed by atoms with Crippen molar-refractivity contribution in [3.63, 3.8) is 0 Å². The Balaban J connectivity index is 1.53. The van der Waals surface area contributed by atoms with E-state index < -0.39 is 18.1 Å². The highest BCUT2D eigenvalue weighted by atomic mass is 19.4. The molecule has 1 fully saturated rings. The number of alkyl halides is 3. The maximum absolute atomic E-state index is 13.9. The Labute approximate surface area is 191 Å². The first-order chi connectivity index (χ1) is 15.6. The Morgan fingerprint density at radius 2 is 1.91 bits per heavy atom. The van der Waals surface area contributed by atoms with E-state index in [4.69, 9.17) is 0 Å². The van der Waals surface area contributed by atoms with Gasteiger partial charge in [0.05, 0.1) is 23.5 Å². The summed E-state index contributed by atoms with van der Waals surface area (Å²) in [5.41, 5.74) is 4.92. The number of hydrogen-bond acceptors (Lipinski definition) is 2. The average Bonchev–Trinajstić information content (AvgIpc) is 3.13. The summed E-state index contributed by atoms with van der Waals surface area (Å²) in [6.45, 7) is 6.01. The van der Waals surface area contributed by atoms with Gasteiger partial charge in [0.1, 0.15) is 5.82 Å². The molecule has 3 aliphatic carbocycles. The Morgan fingerprint density at radius 1 is 1.18 bits per heavy atom.